The van der Waals surface area contributed by atoms with Crippen molar-refractivity contribution in [2.24, 2.45) is 0 Å². The summed E-state index contributed by atoms with van der Waals surface area (Å²) in [4.78, 5) is 12.2. The topological polar surface area (TPSA) is 75.6 Å². The fourth-order valence-electron chi connectivity index (χ4n) is 2.82. The largest absolute Gasteiger partial charge is 0.309 e. The molecule has 2 N–H and O–H groups in total. The Morgan fingerprint density at radius 1 is 1.36 bits per heavy atom. The number of nitrogens with zero attached hydrogens (tertiary/aromatic N) is 3. The second-order valence-corrected chi connectivity index (χ2v) is 6.92. The summed E-state index contributed by atoms with van der Waals surface area (Å²) in [6.45, 7) is 1.98. The third kappa shape index (κ3) is 3.74. The number of anilines is 1. The van der Waals surface area contributed by atoms with E-state index in [4.69, 9.17) is 11.6 Å². The molecule has 1 amide bonds. The van der Waals surface area contributed by atoms with Gasteiger partial charge >= 0.3 is 0 Å². The van der Waals surface area contributed by atoms with Gasteiger partial charge in [-0.1, -0.05) is 11.6 Å². The lowest BCUT2D eigenvalue weighted by Gasteiger charge is -2.03. The Hall–Kier alpha value is -2.60. The van der Waals surface area contributed by atoms with E-state index in [0.717, 1.165) is 22.5 Å². The van der Waals surface area contributed by atoms with Crippen molar-refractivity contribution in [1.29, 1.82) is 0 Å². The van der Waals surface area contributed by atoms with Crippen LogP contribution in [-0.2, 0) is 11.2 Å². The van der Waals surface area contributed by atoms with Gasteiger partial charge in [-0.3, -0.25) is 9.89 Å². The molecule has 0 bridgehead atoms. The van der Waals surface area contributed by atoms with E-state index < -0.39 is 0 Å². The number of nitrogens with one attached hydrogen (secondary N) is 2. The Morgan fingerprint density at radius 2 is 2.20 bits per heavy atom. The van der Waals surface area contributed by atoms with Crippen LogP contribution in [0.1, 0.15) is 35.6 Å². The van der Waals surface area contributed by atoms with Crippen LogP contribution in [0.4, 0.5) is 5.82 Å². The van der Waals surface area contributed by atoms with E-state index in [2.05, 4.69) is 20.6 Å². The van der Waals surface area contributed by atoms with Crippen molar-refractivity contribution in [3.05, 3.63) is 58.5 Å². The van der Waals surface area contributed by atoms with Gasteiger partial charge in [0.15, 0.2) is 5.82 Å². The SMILES string of the molecule is Cc1cc(Cl)cc(-n2cc(CC(=O)Nc3cc(C4CC4)[nH]n3)cn2)c1. The van der Waals surface area contributed by atoms with Crippen molar-refractivity contribution in [1.82, 2.24) is 20.0 Å². The zero-order valence-corrected chi connectivity index (χ0v) is 14.5. The molecule has 1 aromatic carbocycles. The molecule has 1 saturated carbocycles. The summed E-state index contributed by atoms with van der Waals surface area (Å²) in [6.07, 6.45) is 6.15. The minimum absolute atomic E-state index is 0.115. The first-order chi connectivity index (χ1) is 12.1. The average molecular weight is 356 g/mol. The number of halogens is 1. The smallest absolute Gasteiger partial charge is 0.230 e. The molecular weight excluding hydrogens is 338 g/mol. The summed E-state index contributed by atoms with van der Waals surface area (Å²) in [6, 6.07) is 7.64. The van der Waals surface area contributed by atoms with Crippen molar-refractivity contribution in [2.75, 3.05) is 5.32 Å². The van der Waals surface area contributed by atoms with Gasteiger partial charge in [-0.15, -0.1) is 0 Å². The normalized spacial score (nSPS) is 13.8. The summed E-state index contributed by atoms with van der Waals surface area (Å²) < 4.78 is 1.72. The predicted octanol–water partition coefficient (Wildman–Crippen LogP) is 3.62. The van der Waals surface area contributed by atoms with Crippen LogP contribution in [0.3, 0.4) is 0 Å². The molecule has 0 unspecified atom stereocenters. The number of H-pyrrole nitrogens is 1. The van der Waals surface area contributed by atoms with Crippen LogP contribution >= 0.6 is 11.6 Å². The Bertz CT molecular complexity index is 905. The third-order valence-electron chi connectivity index (χ3n) is 4.17. The standard InChI is InChI=1S/C18H18ClN5O/c1-11-4-14(19)7-15(5-11)24-10-12(9-20-24)6-18(25)21-17-8-16(22-23-17)13-2-3-13/h4-5,7-10,13H,2-3,6H2,1H3,(H2,21,22,23,25). The first-order valence-electron chi connectivity index (χ1n) is 8.23. The molecule has 1 aliphatic carbocycles. The monoisotopic (exact) mass is 355 g/mol. The Balaban J connectivity index is 1.42. The molecule has 3 aromatic rings. The Morgan fingerprint density at radius 3 is 2.96 bits per heavy atom. The second-order valence-electron chi connectivity index (χ2n) is 6.49. The first-order valence-corrected chi connectivity index (χ1v) is 8.61. The second kappa shape index (κ2) is 6.37. The number of carbonyl (C=O) groups is 1. The number of amides is 1. The molecule has 0 aliphatic heterocycles. The molecule has 1 aliphatic rings. The summed E-state index contributed by atoms with van der Waals surface area (Å²) in [5.41, 5.74) is 3.85. The highest BCUT2D eigenvalue weighted by Gasteiger charge is 2.25. The highest BCUT2D eigenvalue weighted by Crippen LogP contribution is 2.39. The molecule has 0 spiro atoms. The third-order valence-corrected chi connectivity index (χ3v) is 4.39. The molecule has 7 heteroatoms. The minimum Gasteiger partial charge on any atom is -0.309 e. The van der Waals surface area contributed by atoms with Crippen molar-refractivity contribution in [3.63, 3.8) is 0 Å². The van der Waals surface area contributed by atoms with E-state index in [1.54, 1.807) is 10.9 Å². The number of aromatic amines is 1. The Kier molecular flexibility index (Phi) is 4.05. The van der Waals surface area contributed by atoms with Crippen LogP contribution in [0.25, 0.3) is 5.69 Å². The van der Waals surface area contributed by atoms with E-state index in [1.807, 2.05) is 37.4 Å². The Labute approximate surface area is 150 Å². The van der Waals surface area contributed by atoms with Crippen LogP contribution < -0.4 is 5.32 Å². The predicted molar refractivity (Wildman–Crippen MR) is 96.2 cm³/mol. The molecule has 6 nitrogen and oxygen atoms in total. The fourth-order valence-corrected chi connectivity index (χ4v) is 3.10. The maximum atomic E-state index is 12.2. The number of rotatable bonds is 5. The van der Waals surface area contributed by atoms with Crippen LogP contribution in [0.15, 0.2) is 36.7 Å². The molecule has 128 valence electrons. The molecule has 0 atom stereocenters. The van der Waals surface area contributed by atoms with Crippen molar-refractivity contribution >= 4 is 23.3 Å². The molecule has 1 fully saturated rings. The van der Waals surface area contributed by atoms with Gasteiger partial charge in [-0.2, -0.15) is 10.2 Å². The van der Waals surface area contributed by atoms with Crippen LogP contribution in [-0.4, -0.2) is 25.9 Å². The maximum absolute atomic E-state index is 12.2. The molecular formula is C18H18ClN5O. The minimum atomic E-state index is -0.115. The number of aryl methyl sites for hydroxylation is 1. The molecule has 0 radical (unpaired) electrons. The summed E-state index contributed by atoms with van der Waals surface area (Å²) in [5, 5.41) is 14.9. The van der Waals surface area contributed by atoms with Gasteiger partial charge in [0.25, 0.3) is 0 Å². The van der Waals surface area contributed by atoms with E-state index in [-0.39, 0.29) is 12.3 Å². The summed E-state index contributed by atoms with van der Waals surface area (Å²) in [5.74, 6) is 1.04. The van der Waals surface area contributed by atoms with Crippen LogP contribution in [0.5, 0.6) is 0 Å². The van der Waals surface area contributed by atoms with Gasteiger partial charge in [0, 0.05) is 28.9 Å². The number of hydrogen-bond acceptors (Lipinski definition) is 3. The molecule has 2 aromatic heterocycles. The van der Waals surface area contributed by atoms with Crippen molar-refractivity contribution in [2.45, 2.75) is 32.1 Å². The first kappa shape index (κ1) is 15.9. The van der Waals surface area contributed by atoms with Gasteiger partial charge in [0.05, 0.1) is 18.3 Å². The van der Waals surface area contributed by atoms with Gasteiger partial charge in [-0.25, -0.2) is 4.68 Å². The number of hydrogen-bond donors (Lipinski definition) is 2. The lowest BCUT2D eigenvalue weighted by atomic mass is 10.2. The number of benzene rings is 1. The molecule has 4 rings (SSSR count). The molecule has 25 heavy (non-hydrogen) atoms. The fraction of sp³-hybridized carbons (Fsp3) is 0.278. The summed E-state index contributed by atoms with van der Waals surface area (Å²) in [7, 11) is 0. The highest BCUT2D eigenvalue weighted by molar-refractivity contribution is 6.30. The van der Waals surface area contributed by atoms with Crippen molar-refractivity contribution < 1.29 is 4.79 Å². The average Bonchev–Trinajstić information content (AvgIpc) is 3.12. The molecule has 2 heterocycles. The van der Waals surface area contributed by atoms with Crippen molar-refractivity contribution in [3.8, 4) is 5.69 Å². The van der Waals surface area contributed by atoms with E-state index in [9.17, 15) is 4.79 Å². The lowest BCUT2D eigenvalue weighted by Crippen LogP contribution is -2.14. The zero-order chi connectivity index (χ0) is 17.4. The highest BCUT2D eigenvalue weighted by atomic mass is 35.5. The van der Waals surface area contributed by atoms with Crippen LogP contribution in [0, 0.1) is 6.92 Å². The van der Waals surface area contributed by atoms with E-state index in [0.29, 0.717) is 16.8 Å². The number of aromatic nitrogens is 4. The van der Waals surface area contributed by atoms with E-state index in [1.165, 1.54) is 12.8 Å². The number of carbonyl (C=O) groups excluding carboxylic acids is 1. The van der Waals surface area contributed by atoms with Gasteiger partial charge < -0.3 is 5.32 Å². The lowest BCUT2D eigenvalue weighted by molar-refractivity contribution is -0.115. The van der Waals surface area contributed by atoms with Gasteiger partial charge in [-0.05, 0) is 49.1 Å². The molecule has 0 saturated heterocycles. The summed E-state index contributed by atoms with van der Waals surface area (Å²) >= 11 is 6.09. The van der Waals surface area contributed by atoms with Gasteiger partial charge in [0.1, 0.15) is 0 Å². The van der Waals surface area contributed by atoms with Gasteiger partial charge in [0.2, 0.25) is 5.91 Å². The quantitative estimate of drug-likeness (QED) is 0.734. The zero-order valence-electron chi connectivity index (χ0n) is 13.8. The van der Waals surface area contributed by atoms with Crippen LogP contribution in [0.2, 0.25) is 5.02 Å². The van der Waals surface area contributed by atoms with E-state index >= 15 is 0 Å². The maximum Gasteiger partial charge on any atom is 0.230 e.